The van der Waals surface area contributed by atoms with Crippen LogP contribution in [-0.2, 0) is 9.47 Å². The highest BCUT2D eigenvalue weighted by atomic mass is 32.1. The number of rotatable bonds is 9. The predicted molar refractivity (Wildman–Crippen MR) is 67.7 cm³/mol. The molecule has 17 heavy (non-hydrogen) atoms. The van der Waals surface area contributed by atoms with Crippen molar-refractivity contribution in [3.8, 4) is 0 Å². The Labute approximate surface area is 106 Å². The van der Waals surface area contributed by atoms with Gasteiger partial charge in [-0.25, -0.2) is 4.98 Å². The largest absolute Gasteiger partial charge is 0.382 e. The van der Waals surface area contributed by atoms with E-state index in [1.54, 1.807) is 7.11 Å². The van der Waals surface area contributed by atoms with Gasteiger partial charge < -0.3 is 14.8 Å². The van der Waals surface area contributed by atoms with Crippen molar-refractivity contribution in [2.24, 2.45) is 0 Å². The molecule has 1 aromatic heterocycles. The topological polar surface area (TPSA) is 56.3 Å². The summed E-state index contributed by atoms with van der Waals surface area (Å²) in [6, 6.07) is 0. The maximum absolute atomic E-state index is 5.37. The van der Waals surface area contributed by atoms with E-state index >= 15 is 0 Å². The van der Waals surface area contributed by atoms with E-state index in [0.717, 1.165) is 30.5 Å². The summed E-state index contributed by atoms with van der Waals surface area (Å²) in [5, 5.41) is 4.21. The molecule has 0 unspecified atom stereocenters. The van der Waals surface area contributed by atoms with Crippen molar-refractivity contribution in [1.82, 2.24) is 9.36 Å². The molecule has 5 nitrogen and oxygen atoms in total. The summed E-state index contributed by atoms with van der Waals surface area (Å²) >= 11 is 1.46. The zero-order chi connectivity index (χ0) is 11.9. The fraction of sp³-hybridized carbons (Fsp3) is 0.818. The van der Waals surface area contributed by atoms with Crippen LogP contribution in [0.1, 0.15) is 31.0 Å². The van der Waals surface area contributed by atoms with E-state index in [1.165, 1.54) is 24.4 Å². The van der Waals surface area contributed by atoms with Gasteiger partial charge in [-0.05, 0) is 19.3 Å². The predicted octanol–water partition coefficient (Wildman–Crippen LogP) is 1.88. The van der Waals surface area contributed by atoms with E-state index in [-0.39, 0.29) is 0 Å². The number of ether oxygens (including phenoxy) is 2. The van der Waals surface area contributed by atoms with Crippen LogP contribution in [0.15, 0.2) is 0 Å². The number of nitrogens with one attached hydrogen (secondary N) is 1. The molecule has 1 fully saturated rings. The maximum Gasteiger partial charge on any atom is 0.202 e. The smallest absolute Gasteiger partial charge is 0.202 e. The van der Waals surface area contributed by atoms with Crippen molar-refractivity contribution in [3.05, 3.63) is 5.82 Å². The lowest BCUT2D eigenvalue weighted by Gasteiger charge is -2.03. The molecular weight excluding hydrogens is 238 g/mol. The molecule has 1 heterocycles. The average molecular weight is 257 g/mol. The molecule has 1 aliphatic carbocycles. The van der Waals surface area contributed by atoms with E-state index in [9.17, 15) is 0 Å². The molecule has 1 aliphatic rings. The van der Waals surface area contributed by atoms with Gasteiger partial charge >= 0.3 is 0 Å². The molecule has 0 radical (unpaired) electrons. The van der Waals surface area contributed by atoms with Crippen LogP contribution in [0.5, 0.6) is 0 Å². The first-order chi connectivity index (χ1) is 8.40. The van der Waals surface area contributed by atoms with Gasteiger partial charge in [0, 0.05) is 37.7 Å². The quantitative estimate of drug-likeness (QED) is 0.685. The summed E-state index contributed by atoms with van der Waals surface area (Å²) in [4.78, 5) is 4.45. The molecule has 96 valence electrons. The monoisotopic (exact) mass is 257 g/mol. The number of nitrogens with zero attached hydrogens (tertiary/aromatic N) is 2. The van der Waals surface area contributed by atoms with E-state index in [0.29, 0.717) is 19.1 Å². The number of methoxy groups -OCH3 is 1. The normalized spacial score (nSPS) is 15.1. The first kappa shape index (κ1) is 12.7. The molecule has 0 bridgehead atoms. The van der Waals surface area contributed by atoms with Crippen molar-refractivity contribution in [1.29, 1.82) is 0 Å². The standard InChI is InChI=1S/C11H19N3O2S/c1-15-7-8-16-6-2-5-12-11-13-10(14-17-11)9-3-4-9/h9H,2-8H2,1H3,(H,12,13,14). The second kappa shape index (κ2) is 6.88. The van der Waals surface area contributed by atoms with Crippen molar-refractivity contribution < 1.29 is 9.47 Å². The molecule has 0 aromatic carbocycles. The zero-order valence-electron chi connectivity index (χ0n) is 10.1. The van der Waals surface area contributed by atoms with Gasteiger partial charge in [0.1, 0.15) is 5.82 Å². The number of hydrogen-bond donors (Lipinski definition) is 1. The van der Waals surface area contributed by atoms with Gasteiger partial charge in [0.2, 0.25) is 5.13 Å². The lowest BCUT2D eigenvalue weighted by Crippen LogP contribution is -2.08. The number of anilines is 1. The highest BCUT2D eigenvalue weighted by molar-refractivity contribution is 7.09. The van der Waals surface area contributed by atoms with Crippen LogP contribution >= 0.6 is 11.5 Å². The molecule has 0 amide bonds. The van der Waals surface area contributed by atoms with Crippen molar-refractivity contribution in [2.45, 2.75) is 25.2 Å². The van der Waals surface area contributed by atoms with Crippen LogP contribution in [0.2, 0.25) is 0 Å². The Morgan fingerprint density at radius 1 is 1.35 bits per heavy atom. The lowest BCUT2D eigenvalue weighted by molar-refractivity contribution is 0.0705. The minimum absolute atomic E-state index is 0.638. The van der Waals surface area contributed by atoms with Crippen LogP contribution in [0, 0.1) is 0 Å². The van der Waals surface area contributed by atoms with Gasteiger partial charge in [-0.1, -0.05) is 0 Å². The van der Waals surface area contributed by atoms with Crippen LogP contribution in [0.25, 0.3) is 0 Å². The molecule has 1 aromatic rings. The molecule has 0 spiro atoms. The lowest BCUT2D eigenvalue weighted by atomic mass is 10.4. The van der Waals surface area contributed by atoms with Gasteiger partial charge in [-0.3, -0.25) is 0 Å². The highest BCUT2D eigenvalue weighted by Crippen LogP contribution is 2.39. The summed E-state index contributed by atoms with van der Waals surface area (Å²) in [6.45, 7) is 2.96. The van der Waals surface area contributed by atoms with Gasteiger partial charge in [0.05, 0.1) is 13.2 Å². The Bertz CT molecular complexity index is 328. The summed E-state index contributed by atoms with van der Waals surface area (Å²) in [5.74, 6) is 1.66. The second-order valence-corrected chi connectivity index (χ2v) is 4.87. The summed E-state index contributed by atoms with van der Waals surface area (Å²) in [7, 11) is 1.68. The van der Waals surface area contributed by atoms with Gasteiger partial charge in [-0.15, -0.1) is 0 Å². The van der Waals surface area contributed by atoms with Crippen LogP contribution in [0.4, 0.5) is 5.13 Å². The molecular formula is C11H19N3O2S. The summed E-state index contributed by atoms with van der Waals surface area (Å²) < 4.78 is 14.6. The first-order valence-electron chi connectivity index (χ1n) is 6.04. The van der Waals surface area contributed by atoms with Gasteiger partial charge in [0.25, 0.3) is 0 Å². The van der Waals surface area contributed by atoms with Crippen LogP contribution < -0.4 is 5.32 Å². The summed E-state index contributed by atoms with van der Waals surface area (Å²) in [6.07, 6.45) is 3.48. The van der Waals surface area contributed by atoms with Gasteiger partial charge in [0.15, 0.2) is 0 Å². The second-order valence-electron chi connectivity index (χ2n) is 4.12. The SMILES string of the molecule is COCCOCCCNc1nc(C2CC2)ns1. The Morgan fingerprint density at radius 3 is 3.00 bits per heavy atom. The van der Waals surface area contributed by atoms with Gasteiger partial charge in [-0.2, -0.15) is 4.37 Å². The molecule has 1 N–H and O–H groups in total. The molecule has 0 aliphatic heterocycles. The minimum atomic E-state index is 0.638. The number of aromatic nitrogens is 2. The third kappa shape index (κ3) is 4.57. The fourth-order valence-electron chi connectivity index (χ4n) is 1.43. The molecule has 0 saturated heterocycles. The molecule has 1 saturated carbocycles. The van der Waals surface area contributed by atoms with E-state index in [1.807, 2.05) is 0 Å². The average Bonchev–Trinajstić information content (AvgIpc) is 3.09. The minimum Gasteiger partial charge on any atom is -0.382 e. The third-order valence-corrected chi connectivity index (χ3v) is 3.24. The summed E-state index contributed by atoms with van der Waals surface area (Å²) in [5.41, 5.74) is 0. The van der Waals surface area contributed by atoms with Crippen molar-refractivity contribution in [2.75, 3.05) is 38.8 Å². The first-order valence-corrected chi connectivity index (χ1v) is 6.81. The van der Waals surface area contributed by atoms with Crippen molar-refractivity contribution in [3.63, 3.8) is 0 Å². The third-order valence-electron chi connectivity index (χ3n) is 2.56. The molecule has 2 rings (SSSR count). The number of hydrogen-bond acceptors (Lipinski definition) is 6. The molecule has 0 atom stereocenters. The highest BCUT2D eigenvalue weighted by Gasteiger charge is 2.27. The van der Waals surface area contributed by atoms with Crippen LogP contribution in [-0.4, -0.2) is 42.8 Å². The van der Waals surface area contributed by atoms with E-state index < -0.39 is 0 Å². The Hall–Kier alpha value is -0.720. The van der Waals surface area contributed by atoms with Crippen LogP contribution in [0.3, 0.4) is 0 Å². The molecule has 6 heteroatoms. The van der Waals surface area contributed by atoms with Crippen molar-refractivity contribution >= 4 is 16.7 Å². The van der Waals surface area contributed by atoms with E-state index in [2.05, 4.69) is 14.7 Å². The maximum atomic E-state index is 5.37. The Balaban J connectivity index is 1.52. The zero-order valence-corrected chi connectivity index (χ0v) is 11.0. The van der Waals surface area contributed by atoms with E-state index in [4.69, 9.17) is 9.47 Å². The Kier molecular flexibility index (Phi) is 5.15. The Morgan fingerprint density at radius 2 is 2.24 bits per heavy atom. The fourth-order valence-corrected chi connectivity index (χ4v) is 2.10.